The van der Waals surface area contributed by atoms with Gasteiger partial charge in [-0.05, 0) is 36.1 Å². The van der Waals surface area contributed by atoms with Crippen molar-refractivity contribution in [2.24, 2.45) is 4.99 Å². The highest BCUT2D eigenvalue weighted by molar-refractivity contribution is 14.0. The lowest BCUT2D eigenvalue weighted by molar-refractivity contribution is 0.0792. The number of aliphatic imine (C=N–C) groups is 1. The van der Waals surface area contributed by atoms with Gasteiger partial charge in [-0.3, -0.25) is 9.89 Å². The Morgan fingerprint density at radius 1 is 0.970 bits per heavy atom. The highest BCUT2D eigenvalue weighted by atomic mass is 127. The molecule has 2 aliphatic rings. The second-order valence-corrected chi connectivity index (χ2v) is 8.65. The number of nitrogens with one attached hydrogen (secondary N) is 1. The molecule has 0 radical (unpaired) electrons. The van der Waals surface area contributed by atoms with Gasteiger partial charge in [0.1, 0.15) is 5.82 Å². The van der Waals surface area contributed by atoms with Gasteiger partial charge in [-0.2, -0.15) is 0 Å². The van der Waals surface area contributed by atoms with Gasteiger partial charge in [0, 0.05) is 59.4 Å². The Morgan fingerprint density at radius 2 is 1.61 bits per heavy atom. The van der Waals surface area contributed by atoms with Gasteiger partial charge in [0.15, 0.2) is 5.96 Å². The summed E-state index contributed by atoms with van der Waals surface area (Å²) in [5, 5.41) is 13.1. The van der Waals surface area contributed by atoms with Crippen LogP contribution in [0.4, 0.5) is 10.1 Å². The minimum absolute atomic E-state index is 0. The predicted octanol–water partition coefficient (Wildman–Crippen LogP) is 3.30. The maximum Gasteiger partial charge on any atom is 0.194 e. The molecule has 0 amide bonds. The lowest BCUT2D eigenvalue weighted by Gasteiger charge is -2.37. The van der Waals surface area contributed by atoms with E-state index in [0.717, 1.165) is 71.2 Å². The van der Waals surface area contributed by atoms with Crippen LogP contribution in [-0.2, 0) is 13.1 Å². The fraction of sp³-hybridized carbons (Fsp3) is 0.480. The first-order valence-electron chi connectivity index (χ1n) is 11.6. The number of piperazine rings is 1. The summed E-state index contributed by atoms with van der Waals surface area (Å²) in [7, 11) is 1.81. The third-order valence-corrected chi connectivity index (χ3v) is 6.42. The molecular formula is C25H35FIN5O. The van der Waals surface area contributed by atoms with E-state index in [-0.39, 0.29) is 35.9 Å². The van der Waals surface area contributed by atoms with E-state index in [0.29, 0.717) is 5.69 Å². The Hall–Kier alpha value is -1.91. The molecular weight excluding hydrogens is 532 g/mol. The Labute approximate surface area is 213 Å². The highest BCUT2D eigenvalue weighted by Crippen LogP contribution is 2.20. The Morgan fingerprint density at radius 3 is 2.24 bits per heavy atom. The van der Waals surface area contributed by atoms with Crippen LogP contribution in [0.2, 0.25) is 0 Å². The summed E-state index contributed by atoms with van der Waals surface area (Å²) in [5.74, 6) is 0.721. The van der Waals surface area contributed by atoms with E-state index in [9.17, 15) is 9.50 Å². The molecule has 2 fully saturated rings. The number of hydrogen-bond acceptors (Lipinski definition) is 4. The van der Waals surface area contributed by atoms with E-state index in [1.165, 1.54) is 17.2 Å². The Bertz CT molecular complexity index is 894. The predicted molar refractivity (Wildman–Crippen MR) is 143 cm³/mol. The fourth-order valence-electron chi connectivity index (χ4n) is 4.48. The largest absolute Gasteiger partial charge is 0.393 e. The van der Waals surface area contributed by atoms with Crippen LogP contribution < -0.4 is 10.2 Å². The number of para-hydroxylation sites is 1. The molecule has 2 aromatic carbocycles. The van der Waals surface area contributed by atoms with E-state index in [4.69, 9.17) is 0 Å². The molecule has 8 heteroatoms. The first kappa shape index (κ1) is 25.7. The van der Waals surface area contributed by atoms with E-state index in [2.05, 4.69) is 49.3 Å². The van der Waals surface area contributed by atoms with Crippen molar-refractivity contribution < 1.29 is 9.50 Å². The van der Waals surface area contributed by atoms with Crippen LogP contribution in [0.1, 0.15) is 24.0 Å². The molecule has 0 aromatic heterocycles. The molecule has 0 atom stereocenters. The molecule has 2 aliphatic heterocycles. The molecule has 0 spiro atoms. The molecule has 2 saturated heterocycles. The van der Waals surface area contributed by atoms with Crippen LogP contribution in [0, 0.1) is 5.82 Å². The van der Waals surface area contributed by atoms with Gasteiger partial charge in [0.05, 0.1) is 11.8 Å². The summed E-state index contributed by atoms with van der Waals surface area (Å²) in [5.41, 5.74) is 3.20. The number of piperidine rings is 1. The summed E-state index contributed by atoms with van der Waals surface area (Å²) < 4.78 is 14.1. The van der Waals surface area contributed by atoms with Gasteiger partial charge in [-0.1, -0.05) is 36.4 Å². The molecule has 0 aliphatic carbocycles. The van der Waals surface area contributed by atoms with Crippen LogP contribution in [0.15, 0.2) is 53.5 Å². The number of anilines is 1. The summed E-state index contributed by atoms with van der Waals surface area (Å²) in [6.45, 7) is 6.73. The molecule has 0 saturated carbocycles. The zero-order chi connectivity index (χ0) is 22.3. The second kappa shape index (κ2) is 12.5. The topological polar surface area (TPSA) is 54.3 Å². The van der Waals surface area contributed by atoms with Crippen molar-refractivity contribution in [2.45, 2.75) is 32.0 Å². The van der Waals surface area contributed by atoms with E-state index >= 15 is 0 Å². The maximum absolute atomic E-state index is 14.1. The van der Waals surface area contributed by atoms with Gasteiger partial charge >= 0.3 is 0 Å². The molecule has 2 heterocycles. The highest BCUT2D eigenvalue weighted by Gasteiger charge is 2.21. The van der Waals surface area contributed by atoms with Crippen molar-refractivity contribution >= 4 is 35.6 Å². The molecule has 2 N–H and O–H groups in total. The molecule has 0 unspecified atom stereocenters. The monoisotopic (exact) mass is 567 g/mol. The van der Waals surface area contributed by atoms with Gasteiger partial charge in [0.25, 0.3) is 0 Å². The average molecular weight is 567 g/mol. The van der Waals surface area contributed by atoms with Crippen molar-refractivity contribution in [3.8, 4) is 0 Å². The first-order chi connectivity index (χ1) is 15.6. The SMILES string of the molecule is CN=C(NCc1ccc(CN2CCC(O)CC2)cc1)N1CCN(c2ccccc2F)CC1.I. The van der Waals surface area contributed by atoms with Crippen molar-refractivity contribution in [3.05, 3.63) is 65.5 Å². The molecule has 0 bridgehead atoms. The fourth-order valence-corrected chi connectivity index (χ4v) is 4.48. The molecule has 4 rings (SSSR count). The van der Waals surface area contributed by atoms with Crippen LogP contribution in [0.25, 0.3) is 0 Å². The molecule has 2 aromatic rings. The van der Waals surface area contributed by atoms with E-state index in [1.54, 1.807) is 6.07 Å². The van der Waals surface area contributed by atoms with Gasteiger partial charge < -0.3 is 20.2 Å². The standard InChI is InChI=1S/C25H34FN5O.HI/c1-27-25(31-16-14-30(15-17-31)24-5-3-2-4-23(24)26)28-18-20-6-8-21(9-7-20)19-29-12-10-22(32)11-13-29;/h2-9,22,32H,10-19H2,1H3,(H,27,28);1H. The average Bonchev–Trinajstić information content (AvgIpc) is 2.83. The van der Waals surface area contributed by atoms with Crippen LogP contribution >= 0.6 is 24.0 Å². The molecule has 6 nitrogen and oxygen atoms in total. The summed E-state index contributed by atoms with van der Waals surface area (Å²) in [4.78, 5) is 11.2. The maximum atomic E-state index is 14.1. The minimum Gasteiger partial charge on any atom is -0.393 e. The van der Waals surface area contributed by atoms with Crippen LogP contribution in [0.3, 0.4) is 0 Å². The number of aliphatic hydroxyl groups is 1. The summed E-state index contributed by atoms with van der Waals surface area (Å²) in [6.07, 6.45) is 1.61. The van der Waals surface area contributed by atoms with Gasteiger partial charge in [-0.25, -0.2) is 4.39 Å². The summed E-state index contributed by atoms with van der Waals surface area (Å²) >= 11 is 0. The van der Waals surface area contributed by atoms with E-state index in [1.807, 2.05) is 19.2 Å². The second-order valence-electron chi connectivity index (χ2n) is 8.65. The third-order valence-electron chi connectivity index (χ3n) is 6.42. The quantitative estimate of drug-likeness (QED) is 0.330. The first-order valence-corrected chi connectivity index (χ1v) is 11.6. The number of guanidine groups is 1. The number of benzene rings is 2. The normalized spacial score (nSPS) is 18.2. The number of likely N-dealkylation sites (tertiary alicyclic amines) is 1. The molecule has 33 heavy (non-hydrogen) atoms. The zero-order valence-electron chi connectivity index (χ0n) is 19.3. The van der Waals surface area contributed by atoms with Crippen molar-refractivity contribution in [1.82, 2.24) is 15.1 Å². The number of halogens is 2. The number of nitrogens with zero attached hydrogens (tertiary/aromatic N) is 4. The third kappa shape index (κ3) is 7.04. The lowest BCUT2D eigenvalue weighted by atomic mass is 10.1. The van der Waals surface area contributed by atoms with Gasteiger partial charge in [-0.15, -0.1) is 24.0 Å². The van der Waals surface area contributed by atoms with Crippen molar-refractivity contribution in [1.29, 1.82) is 0 Å². The van der Waals surface area contributed by atoms with Crippen molar-refractivity contribution in [2.75, 3.05) is 51.2 Å². The van der Waals surface area contributed by atoms with E-state index < -0.39 is 0 Å². The van der Waals surface area contributed by atoms with Crippen LogP contribution in [-0.4, -0.2) is 73.3 Å². The van der Waals surface area contributed by atoms with Crippen LogP contribution in [0.5, 0.6) is 0 Å². The number of rotatable bonds is 5. The summed E-state index contributed by atoms with van der Waals surface area (Å²) in [6, 6.07) is 15.7. The molecule has 180 valence electrons. The Kier molecular flexibility index (Phi) is 9.76. The number of aliphatic hydroxyl groups excluding tert-OH is 1. The zero-order valence-corrected chi connectivity index (χ0v) is 21.6. The van der Waals surface area contributed by atoms with Gasteiger partial charge in [0.2, 0.25) is 0 Å². The number of hydrogen-bond donors (Lipinski definition) is 2. The lowest BCUT2D eigenvalue weighted by Crippen LogP contribution is -2.52. The Balaban J connectivity index is 0.00000306. The smallest absolute Gasteiger partial charge is 0.194 e. The van der Waals surface area contributed by atoms with Crippen molar-refractivity contribution in [3.63, 3.8) is 0 Å². The minimum atomic E-state index is -0.162.